The summed E-state index contributed by atoms with van der Waals surface area (Å²) >= 11 is 0. The molecule has 0 aliphatic heterocycles. The van der Waals surface area contributed by atoms with E-state index in [2.05, 4.69) is 4.98 Å². The minimum absolute atomic E-state index is 0.0168. The maximum Gasteiger partial charge on any atom is 0.338 e. The van der Waals surface area contributed by atoms with Crippen LogP contribution in [0.4, 0.5) is 0 Å². The average molecular weight is 436 g/mol. The van der Waals surface area contributed by atoms with Crippen LogP contribution in [0.5, 0.6) is 5.75 Å². The van der Waals surface area contributed by atoms with Crippen LogP contribution in [-0.4, -0.2) is 41.3 Å². The first-order chi connectivity index (χ1) is 14.8. The summed E-state index contributed by atoms with van der Waals surface area (Å²) in [6.45, 7) is 0. The van der Waals surface area contributed by atoms with Gasteiger partial charge < -0.3 is 9.84 Å². The molecular formula is C22H16N2O6S. The molecular weight excluding hydrogens is 420 g/mol. The van der Waals surface area contributed by atoms with Crippen molar-refractivity contribution in [1.29, 1.82) is 0 Å². The van der Waals surface area contributed by atoms with E-state index in [-0.39, 0.29) is 27.4 Å². The van der Waals surface area contributed by atoms with E-state index in [9.17, 15) is 23.1 Å². The Morgan fingerprint density at radius 3 is 2.42 bits per heavy atom. The maximum atomic E-state index is 13.5. The molecule has 4 rings (SSSR count). The number of carboxylic acids is 1. The van der Waals surface area contributed by atoms with Crippen LogP contribution in [0.25, 0.3) is 10.9 Å². The van der Waals surface area contributed by atoms with Crippen molar-refractivity contribution in [3.8, 4) is 5.75 Å². The number of ether oxygens (including phenoxy) is 1. The summed E-state index contributed by atoms with van der Waals surface area (Å²) in [5.41, 5.74) is -0.651. The Morgan fingerprint density at radius 1 is 1.00 bits per heavy atom. The number of carbonyl (C=O) groups excluding carboxylic acids is 1. The first kappa shape index (κ1) is 20.3. The molecule has 0 aliphatic carbocycles. The molecule has 0 fully saturated rings. The van der Waals surface area contributed by atoms with Crippen LogP contribution >= 0.6 is 0 Å². The highest BCUT2D eigenvalue weighted by atomic mass is 32.2. The highest BCUT2D eigenvalue weighted by Crippen LogP contribution is 2.30. The van der Waals surface area contributed by atoms with Gasteiger partial charge in [0.15, 0.2) is 0 Å². The lowest BCUT2D eigenvalue weighted by Gasteiger charge is -2.12. The van der Waals surface area contributed by atoms with Crippen LogP contribution in [0.2, 0.25) is 0 Å². The van der Waals surface area contributed by atoms with Crippen molar-refractivity contribution < 1.29 is 27.9 Å². The number of ketones is 1. The SMILES string of the molecule is COc1ccc2c(c1)cc(C(=O)c1ncccc1C(=O)O)n2S(=O)(=O)c1ccccc1. The van der Waals surface area contributed by atoms with Crippen molar-refractivity contribution in [1.82, 2.24) is 8.96 Å². The van der Waals surface area contributed by atoms with Gasteiger partial charge in [0.1, 0.15) is 17.1 Å². The second kappa shape index (κ2) is 7.69. The molecule has 2 aromatic heterocycles. The largest absolute Gasteiger partial charge is 0.497 e. The van der Waals surface area contributed by atoms with E-state index >= 15 is 0 Å². The van der Waals surface area contributed by atoms with E-state index in [1.807, 2.05) is 0 Å². The van der Waals surface area contributed by atoms with Gasteiger partial charge >= 0.3 is 5.97 Å². The number of carbonyl (C=O) groups is 2. The summed E-state index contributed by atoms with van der Waals surface area (Å²) < 4.78 is 33.1. The van der Waals surface area contributed by atoms with Gasteiger partial charge in [-0.1, -0.05) is 18.2 Å². The highest BCUT2D eigenvalue weighted by Gasteiger charge is 2.29. The van der Waals surface area contributed by atoms with Crippen molar-refractivity contribution in [2.75, 3.05) is 7.11 Å². The summed E-state index contributed by atoms with van der Waals surface area (Å²) in [6.07, 6.45) is 1.28. The normalized spacial score (nSPS) is 11.4. The highest BCUT2D eigenvalue weighted by molar-refractivity contribution is 7.90. The molecule has 0 saturated carbocycles. The van der Waals surface area contributed by atoms with E-state index in [4.69, 9.17) is 4.74 Å². The lowest BCUT2D eigenvalue weighted by molar-refractivity contribution is 0.0692. The van der Waals surface area contributed by atoms with Crippen LogP contribution < -0.4 is 4.74 Å². The first-order valence-corrected chi connectivity index (χ1v) is 10.5. The Bertz CT molecular complexity index is 1430. The number of nitrogens with zero attached hydrogens (tertiary/aromatic N) is 2. The van der Waals surface area contributed by atoms with Gasteiger partial charge in [-0.3, -0.25) is 9.78 Å². The number of rotatable bonds is 6. The quantitative estimate of drug-likeness (QED) is 0.462. The number of hydrogen-bond acceptors (Lipinski definition) is 6. The van der Waals surface area contributed by atoms with Gasteiger partial charge in [0.2, 0.25) is 5.78 Å². The zero-order chi connectivity index (χ0) is 22.2. The van der Waals surface area contributed by atoms with E-state index in [0.717, 1.165) is 3.97 Å². The second-order valence-corrected chi connectivity index (χ2v) is 8.36. The van der Waals surface area contributed by atoms with Crippen molar-refractivity contribution in [2.45, 2.75) is 4.90 Å². The van der Waals surface area contributed by atoms with Gasteiger partial charge in [-0.25, -0.2) is 17.2 Å². The number of pyridine rings is 1. The average Bonchev–Trinajstić information content (AvgIpc) is 3.18. The third-order valence-corrected chi connectivity index (χ3v) is 6.47. The lowest BCUT2D eigenvalue weighted by atomic mass is 10.1. The van der Waals surface area contributed by atoms with E-state index in [1.54, 1.807) is 30.3 Å². The zero-order valence-electron chi connectivity index (χ0n) is 16.2. The topological polar surface area (TPSA) is 116 Å². The molecule has 0 radical (unpaired) electrons. The number of hydrogen-bond donors (Lipinski definition) is 1. The smallest absolute Gasteiger partial charge is 0.338 e. The Balaban J connectivity index is 2.03. The number of fused-ring (bicyclic) bond motifs is 1. The molecule has 0 saturated heterocycles. The number of aromatic nitrogens is 2. The van der Waals surface area contributed by atoms with Crippen LogP contribution in [0.15, 0.2) is 77.8 Å². The Hall–Kier alpha value is -3.98. The lowest BCUT2D eigenvalue weighted by Crippen LogP contribution is -2.21. The molecule has 0 aliphatic rings. The first-order valence-electron chi connectivity index (χ1n) is 9.07. The van der Waals surface area contributed by atoms with Gasteiger partial charge in [0.05, 0.1) is 23.1 Å². The molecule has 4 aromatic rings. The Morgan fingerprint density at radius 2 is 1.74 bits per heavy atom. The van der Waals surface area contributed by atoms with E-state index in [1.165, 1.54) is 49.7 Å². The summed E-state index contributed by atoms with van der Waals surface area (Å²) in [4.78, 5) is 28.8. The Kier molecular flexibility index (Phi) is 5.04. The Labute approximate surface area is 177 Å². The second-order valence-electron chi connectivity index (χ2n) is 6.57. The van der Waals surface area contributed by atoms with E-state index < -0.39 is 21.8 Å². The van der Waals surface area contributed by atoms with Crippen molar-refractivity contribution in [2.24, 2.45) is 0 Å². The fraction of sp³-hybridized carbons (Fsp3) is 0.0455. The number of benzene rings is 2. The molecule has 2 aromatic carbocycles. The van der Waals surface area contributed by atoms with Crippen LogP contribution in [0, 0.1) is 0 Å². The van der Waals surface area contributed by atoms with Gasteiger partial charge in [-0.05, 0) is 48.5 Å². The molecule has 0 amide bonds. The molecule has 9 heteroatoms. The molecule has 156 valence electrons. The molecule has 2 heterocycles. The van der Waals surface area contributed by atoms with Crippen LogP contribution in [0.1, 0.15) is 26.5 Å². The fourth-order valence-corrected chi connectivity index (χ4v) is 4.82. The monoisotopic (exact) mass is 436 g/mol. The molecule has 0 spiro atoms. The summed E-state index contributed by atoms with van der Waals surface area (Å²) in [5, 5.41) is 9.88. The van der Waals surface area contributed by atoms with Gasteiger partial charge in [0.25, 0.3) is 10.0 Å². The standard InChI is InChI=1S/C22H16N2O6S/c1-30-15-9-10-18-14(12-15)13-19(21(25)20-17(22(26)27)8-5-11-23-20)24(18)31(28,29)16-6-3-2-4-7-16/h2-13H,1H3,(H,26,27). The molecule has 8 nitrogen and oxygen atoms in total. The predicted molar refractivity (Wildman–Crippen MR) is 112 cm³/mol. The van der Waals surface area contributed by atoms with Crippen molar-refractivity contribution in [3.05, 3.63) is 89.9 Å². The van der Waals surface area contributed by atoms with Gasteiger partial charge in [-0.15, -0.1) is 0 Å². The molecule has 1 N–H and O–H groups in total. The number of carboxylic acid groups (broad SMARTS) is 1. The zero-order valence-corrected chi connectivity index (χ0v) is 17.0. The predicted octanol–water partition coefficient (Wildman–Crippen LogP) is 3.21. The van der Waals surface area contributed by atoms with E-state index in [0.29, 0.717) is 11.1 Å². The maximum absolute atomic E-state index is 13.5. The molecule has 0 unspecified atom stereocenters. The van der Waals surface area contributed by atoms with Gasteiger partial charge in [0, 0.05) is 11.6 Å². The number of aromatic carboxylic acids is 1. The fourth-order valence-electron chi connectivity index (χ4n) is 3.29. The molecule has 0 atom stereocenters. The molecule has 31 heavy (non-hydrogen) atoms. The number of methoxy groups -OCH3 is 1. The van der Waals surface area contributed by atoms with Crippen LogP contribution in [0.3, 0.4) is 0 Å². The minimum atomic E-state index is -4.18. The van der Waals surface area contributed by atoms with Gasteiger partial charge in [-0.2, -0.15) is 0 Å². The summed E-state index contributed by atoms with van der Waals surface area (Å²) in [7, 11) is -2.71. The third kappa shape index (κ3) is 3.44. The summed E-state index contributed by atoms with van der Waals surface area (Å²) in [5.74, 6) is -1.69. The van der Waals surface area contributed by atoms with Crippen molar-refractivity contribution in [3.63, 3.8) is 0 Å². The van der Waals surface area contributed by atoms with Crippen molar-refractivity contribution >= 4 is 32.7 Å². The molecule has 0 bridgehead atoms. The minimum Gasteiger partial charge on any atom is -0.497 e. The van der Waals surface area contributed by atoms with Crippen LogP contribution in [-0.2, 0) is 10.0 Å². The third-order valence-electron chi connectivity index (χ3n) is 4.73. The summed E-state index contributed by atoms with van der Waals surface area (Å²) in [6, 6.07) is 16.4.